The highest BCUT2D eigenvalue weighted by molar-refractivity contribution is 4.95. The highest BCUT2D eigenvalue weighted by Gasteiger charge is 2.52. The molecule has 3 heterocycles. The van der Waals surface area contributed by atoms with Crippen molar-refractivity contribution in [1.29, 1.82) is 0 Å². The van der Waals surface area contributed by atoms with Gasteiger partial charge in [-0.1, -0.05) is 0 Å². The fourth-order valence-electron chi connectivity index (χ4n) is 4.00. The zero-order chi connectivity index (χ0) is 24.6. The maximum atomic E-state index is 10.6. The van der Waals surface area contributed by atoms with Gasteiger partial charge in [0.2, 0.25) is 0 Å². The van der Waals surface area contributed by atoms with E-state index in [1.54, 1.807) is 0 Å². The summed E-state index contributed by atoms with van der Waals surface area (Å²) in [4.78, 5) is 0. The molecule has 0 saturated carbocycles. The average molecular weight is 488 g/mol. The van der Waals surface area contributed by atoms with Gasteiger partial charge >= 0.3 is 0 Å². The van der Waals surface area contributed by atoms with Gasteiger partial charge in [0.1, 0.15) is 67.1 Å². The number of rotatable bonds is 6. The van der Waals surface area contributed by atoms with Crippen LogP contribution < -0.4 is 0 Å². The molecule has 3 aliphatic rings. The molecule has 0 bridgehead atoms. The molecule has 194 valence electrons. The molecule has 0 radical (unpaired) electrons. The fourth-order valence-corrected chi connectivity index (χ4v) is 4.00. The first-order valence-electron chi connectivity index (χ1n) is 10.4. The largest absolute Gasteiger partial charge is 0.394 e. The molecular formula is C18H32O15. The summed E-state index contributed by atoms with van der Waals surface area (Å²) in [6, 6.07) is 0. The molecule has 0 amide bonds. The highest BCUT2D eigenvalue weighted by Crippen LogP contribution is 2.32. The van der Waals surface area contributed by atoms with Gasteiger partial charge in [0.15, 0.2) is 18.9 Å². The van der Waals surface area contributed by atoms with Gasteiger partial charge in [0.05, 0.1) is 19.3 Å². The van der Waals surface area contributed by atoms with Gasteiger partial charge in [0, 0.05) is 0 Å². The molecule has 3 saturated heterocycles. The van der Waals surface area contributed by atoms with Crippen LogP contribution in [0.25, 0.3) is 0 Å². The minimum atomic E-state index is -1.86. The Morgan fingerprint density at radius 3 is 1.55 bits per heavy atom. The quantitative estimate of drug-likeness (QED) is 0.167. The molecule has 3 rings (SSSR count). The Balaban J connectivity index is 1.71. The first kappa shape index (κ1) is 27.0. The van der Waals surface area contributed by atoms with Crippen molar-refractivity contribution in [2.24, 2.45) is 0 Å². The standard InChI is InChI=1S/C18H32O15/c1-4-7(21)8(22)12(26)17(29-4)32-15-6(3-20)31-18(13(27)10(15)24)33-14-5(2-19)30-16(28)11(25)9(14)23/h4-28H,2-3H2,1H3/t4-,5+,6+,7-,8+,9+,10+,11+,12+,13+,14+,15+,16?,17-,18-/m0/s1. The van der Waals surface area contributed by atoms with Crippen LogP contribution in [-0.2, 0) is 23.7 Å². The van der Waals surface area contributed by atoms with E-state index in [9.17, 15) is 51.1 Å². The molecule has 15 atom stereocenters. The third kappa shape index (κ3) is 5.32. The molecule has 3 fully saturated rings. The Hall–Kier alpha value is -0.600. The Labute approximate surface area is 187 Å². The zero-order valence-corrected chi connectivity index (χ0v) is 17.6. The third-order valence-corrected chi connectivity index (χ3v) is 6.05. The Morgan fingerprint density at radius 1 is 0.545 bits per heavy atom. The number of aliphatic hydroxyl groups is 10. The summed E-state index contributed by atoms with van der Waals surface area (Å²) >= 11 is 0. The predicted molar refractivity (Wildman–Crippen MR) is 99.8 cm³/mol. The Morgan fingerprint density at radius 2 is 1.00 bits per heavy atom. The van der Waals surface area contributed by atoms with Gasteiger partial charge in [-0.2, -0.15) is 0 Å². The van der Waals surface area contributed by atoms with Crippen LogP contribution in [0.5, 0.6) is 0 Å². The second kappa shape index (κ2) is 11.0. The molecule has 0 aliphatic carbocycles. The molecule has 0 aromatic rings. The molecule has 1 unspecified atom stereocenters. The summed E-state index contributed by atoms with van der Waals surface area (Å²) in [6.07, 6.45) is -23.7. The van der Waals surface area contributed by atoms with Crippen LogP contribution in [0.4, 0.5) is 0 Å². The monoisotopic (exact) mass is 488 g/mol. The summed E-state index contributed by atoms with van der Waals surface area (Å²) in [5.41, 5.74) is 0. The second-order valence-corrected chi connectivity index (χ2v) is 8.32. The molecule has 0 spiro atoms. The number of hydrogen-bond donors (Lipinski definition) is 10. The normalized spacial score (nSPS) is 53.7. The summed E-state index contributed by atoms with van der Waals surface area (Å²) in [5, 5.41) is 99.7. The van der Waals surface area contributed by atoms with Crippen molar-refractivity contribution in [2.75, 3.05) is 13.2 Å². The van der Waals surface area contributed by atoms with Crippen LogP contribution >= 0.6 is 0 Å². The molecule has 10 N–H and O–H groups in total. The molecule has 0 aromatic carbocycles. The van der Waals surface area contributed by atoms with Crippen molar-refractivity contribution in [3.63, 3.8) is 0 Å². The number of hydrogen-bond acceptors (Lipinski definition) is 15. The Kier molecular flexibility index (Phi) is 8.99. The number of ether oxygens (including phenoxy) is 5. The minimum Gasteiger partial charge on any atom is -0.394 e. The lowest BCUT2D eigenvalue weighted by Crippen LogP contribution is -2.66. The molecular weight excluding hydrogens is 456 g/mol. The van der Waals surface area contributed by atoms with E-state index in [1.165, 1.54) is 6.92 Å². The van der Waals surface area contributed by atoms with Gasteiger partial charge in [-0.05, 0) is 6.92 Å². The summed E-state index contributed by atoms with van der Waals surface area (Å²) in [7, 11) is 0. The minimum absolute atomic E-state index is 0.741. The van der Waals surface area contributed by atoms with Crippen molar-refractivity contribution in [1.82, 2.24) is 0 Å². The summed E-state index contributed by atoms with van der Waals surface area (Å²) in [6.45, 7) is -0.103. The van der Waals surface area contributed by atoms with E-state index >= 15 is 0 Å². The van der Waals surface area contributed by atoms with Crippen molar-refractivity contribution in [3.05, 3.63) is 0 Å². The fraction of sp³-hybridized carbons (Fsp3) is 1.00. The van der Waals surface area contributed by atoms with E-state index in [0.29, 0.717) is 0 Å². The van der Waals surface area contributed by atoms with Crippen molar-refractivity contribution in [3.8, 4) is 0 Å². The van der Waals surface area contributed by atoms with Crippen LogP contribution in [0.2, 0.25) is 0 Å². The van der Waals surface area contributed by atoms with E-state index in [1.807, 2.05) is 0 Å². The van der Waals surface area contributed by atoms with E-state index in [2.05, 4.69) is 0 Å². The SMILES string of the molecule is C[C@@H]1O[C@@H](O[C@H]2[C@H](O)[C@@H](O)[C@H](O[C@H]3[C@H](O)[C@@H](O)C(O)O[C@@H]3CO)O[C@@H]2CO)[C@H](O)[C@H](O)[C@H]1O. The van der Waals surface area contributed by atoms with Crippen LogP contribution in [0, 0.1) is 0 Å². The van der Waals surface area contributed by atoms with E-state index in [0.717, 1.165) is 0 Å². The maximum Gasteiger partial charge on any atom is 0.187 e. The van der Waals surface area contributed by atoms with Crippen LogP contribution in [0.3, 0.4) is 0 Å². The smallest absolute Gasteiger partial charge is 0.187 e. The van der Waals surface area contributed by atoms with Gasteiger partial charge in [-0.3, -0.25) is 0 Å². The Bertz CT molecular complexity index is 622. The van der Waals surface area contributed by atoms with Crippen molar-refractivity contribution in [2.45, 2.75) is 99.0 Å². The summed E-state index contributed by atoms with van der Waals surface area (Å²) < 4.78 is 26.6. The summed E-state index contributed by atoms with van der Waals surface area (Å²) in [5.74, 6) is 0. The maximum absolute atomic E-state index is 10.6. The molecule has 33 heavy (non-hydrogen) atoms. The van der Waals surface area contributed by atoms with E-state index < -0.39 is 105 Å². The van der Waals surface area contributed by atoms with E-state index in [-0.39, 0.29) is 0 Å². The topological polar surface area (TPSA) is 248 Å². The van der Waals surface area contributed by atoms with Gasteiger partial charge < -0.3 is 74.7 Å². The van der Waals surface area contributed by atoms with Crippen molar-refractivity contribution < 1.29 is 74.7 Å². The first-order chi connectivity index (χ1) is 15.5. The molecule has 15 nitrogen and oxygen atoms in total. The van der Waals surface area contributed by atoms with Gasteiger partial charge in [-0.25, -0.2) is 0 Å². The molecule has 15 heteroatoms. The van der Waals surface area contributed by atoms with Crippen LogP contribution in [0.15, 0.2) is 0 Å². The molecule has 0 aromatic heterocycles. The van der Waals surface area contributed by atoms with Gasteiger partial charge in [0.25, 0.3) is 0 Å². The zero-order valence-electron chi connectivity index (χ0n) is 17.6. The average Bonchev–Trinajstić information content (AvgIpc) is 2.80. The lowest BCUT2D eigenvalue weighted by molar-refractivity contribution is -0.376. The lowest BCUT2D eigenvalue weighted by Gasteiger charge is -2.47. The van der Waals surface area contributed by atoms with Crippen LogP contribution in [-0.4, -0.2) is 156 Å². The number of aliphatic hydroxyl groups excluding tert-OH is 10. The first-order valence-corrected chi connectivity index (χ1v) is 10.4. The van der Waals surface area contributed by atoms with E-state index in [4.69, 9.17) is 23.7 Å². The third-order valence-electron chi connectivity index (χ3n) is 6.05. The van der Waals surface area contributed by atoms with Gasteiger partial charge in [-0.15, -0.1) is 0 Å². The lowest BCUT2D eigenvalue weighted by atomic mass is 9.96. The van der Waals surface area contributed by atoms with Crippen LogP contribution in [0.1, 0.15) is 6.92 Å². The second-order valence-electron chi connectivity index (χ2n) is 8.32. The predicted octanol–water partition coefficient (Wildman–Crippen LogP) is -6.55. The van der Waals surface area contributed by atoms with Crippen molar-refractivity contribution >= 4 is 0 Å². The molecule has 3 aliphatic heterocycles. The highest BCUT2D eigenvalue weighted by atomic mass is 16.7.